The molecule has 0 aromatic carbocycles. The molecule has 1 atom stereocenters. The first-order valence-electron chi connectivity index (χ1n) is 11.5. The van der Waals surface area contributed by atoms with Crippen molar-refractivity contribution in [2.45, 2.75) is 59.8 Å². The van der Waals surface area contributed by atoms with E-state index in [0.29, 0.717) is 12.6 Å². The van der Waals surface area contributed by atoms with Crippen LogP contribution in [0.3, 0.4) is 0 Å². The zero-order chi connectivity index (χ0) is 22.5. The third-order valence-corrected chi connectivity index (χ3v) is 6.02. The number of nitrogens with zero attached hydrogens (tertiary/aromatic N) is 6. The van der Waals surface area contributed by atoms with E-state index >= 15 is 0 Å². The summed E-state index contributed by atoms with van der Waals surface area (Å²) in [7, 11) is 0. The molecule has 1 fully saturated rings. The highest BCUT2D eigenvalue weighted by atomic mass is 16.5. The molecule has 32 heavy (non-hydrogen) atoms. The molecule has 1 saturated heterocycles. The molecule has 0 aliphatic carbocycles. The van der Waals surface area contributed by atoms with Gasteiger partial charge in [0.2, 0.25) is 0 Å². The molecule has 4 heterocycles. The van der Waals surface area contributed by atoms with Crippen molar-refractivity contribution in [3.63, 3.8) is 0 Å². The van der Waals surface area contributed by atoms with Crippen LogP contribution in [0.4, 0.5) is 0 Å². The van der Waals surface area contributed by atoms with E-state index in [1.54, 1.807) is 6.20 Å². The highest BCUT2D eigenvalue weighted by Gasteiger charge is 2.17. The van der Waals surface area contributed by atoms with Gasteiger partial charge in [0.1, 0.15) is 12.4 Å². The first-order valence-corrected chi connectivity index (χ1v) is 11.5. The van der Waals surface area contributed by atoms with Crippen LogP contribution in [-0.4, -0.2) is 61.7 Å². The number of hydrogen-bond acceptors (Lipinski definition) is 6. The van der Waals surface area contributed by atoms with Crippen LogP contribution >= 0.6 is 0 Å². The van der Waals surface area contributed by atoms with Gasteiger partial charge in [-0.3, -0.25) is 19.2 Å². The molecule has 172 valence electrons. The van der Waals surface area contributed by atoms with Crippen molar-refractivity contribution < 1.29 is 4.74 Å². The molecule has 0 radical (unpaired) electrons. The fraction of sp³-hybridized carbons (Fsp3) is 0.542. The zero-order valence-corrected chi connectivity index (χ0v) is 19.7. The molecule has 0 saturated carbocycles. The van der Waals surface area contributed by atoms with E-state index in [2.05, 4.69) is 66.8 Å². The van der Waals surface area contributed by atoms with Crippen molar-refractivity contribution in [1.29, 1.82) is 0 Å². The van der Waals surface area contributed by atoms with E-state index in [0.717, 1.165) is 62.0 Å². The number of hydrogen-bond donors (Lipinski definition) is 1. The predicted octanol–water partition coefficient (Wildman–Crippen LogP) is 2.65. The Morgan fingerprint density at radius 2 is 1.59 bits per heavy atom. The van der Waals surface area contributed by atoms with Gasteiger partial charge in [-0.25, -0.2) is 0 Å². The van der Waals surface area contributed by atoms with E-state index in [1.165, 1.54) is 17.8 Å². The van der Waals surface area contributed by atoms with Gasteiger partial charge in [-0.15, -0.1) is 0 Å². The fourth-order valence-corrected chi connectivity index (χ4v) is 4.12. The van der Waals surface area contributed by atoms with Crippen LogP contribution in [-0.2, 0) is 19.6 Å². The maximum atomic E-state index is 5.96. The minimum Gasteiger partial charge on any atom is -0.490 e. The van der Waals surface area contributed by atoms with Crippen molar-refractivity contribution in [3.05, 3.63) is 58.9 Å². The maximum Gasteiger partial charge on any atom is 0.137 e. The van der Waals surface area contributed by atoms with E-state index in [9.17, 15) is 0 Å². The number of pyridine rings is 1. The second kappa shape index (κ2) is 10.3. The van der Waals surface area contributed by atoms with Gasteiger partial charge in [0.05, 0.1) is 30.7 Å². The van der Waals surface area contributed by atoms with E-state index in [-0.39, 0.29) is 0 Å². The zero-order valence-electron chi connectivity index (χ0n) is 19.7. The number of rotatable bonds is 11. The Labute approximate surface area is 190 Å². The third-order valence-electron chi connectivity index (χ3n) is 6.02. The Balaban J connectivity index is 1.41. The molecule has 3 aromatic heterocycles. The van der Waals surface area contributed by atoms with Crippen LogP contribution in [0, 0.1) is 27.7 Å². The Morgan fingerprint density at radius 1 is 0.969 bits per heavy atom. The fourth-order valence-electron chi connectivity index (χ4n) is 4.12. The highest BCUT2D eigenvalue weighted by molar-refractivity contribution is 5.23. The molecule has 1 aliphatic rings. The van der Waals surface area contributed by atoms with Crippen LogP contribution in [0.2, 0.25) is 0 Å². The molecule has 3 aromatic rings. The standard InChI is InChI=1S/C24H35N7O/c1-18-11-20(3)30(27-18)9-7-29(8-10-31-21(4)12-19(2)28-31)16-22-13-24(15-25-14-22)32-17-23-5-6-26-23/h11-15,23,26H,5-10,16-17H2,1-4H3/t23-/m0/s1. The topological polar surface area (TPSA) is 73.0 Å². The van der Waals surface area contributed by atoms with Gasteiger partial charge in [0.15, 0.2) is 0 Å². The molecule has 0 unspecified atom stereocenters. The third kappa shape index (κ3) is 5.95. The van der Waals surface area contributed by atoms with Gasteiger partial charge in [0, 0.05) is 43.3 Å². The van der Waals surface area contributed by atoms with E-state index < -0.39 is 0 Å². The molecule has 8 nitrogen and oxygen atoms in total. The molecule has 0 spiro atoms. The van der Waals surface area contributed by atoms with Gasteiger partial charge >= 0.3 is 0 Å². The Morgan fingerprint density at radius 3 is 2.09 bits per heavy atom. The molecule has 0 bridgehead atoms. The lowest BCUT2D eigenvalue weighted by Crippen LogP contribution is -2.46. The first kappa shape index (κ1) is 22.5. The summed E-state index contributed by atoms with van der Waals surface area (Å²) in [6, 6.07) is 6.84. The monoisotopic (exact) mass is 437 g/mol. The molecule has 0 amide bonds. The Hall–Kier alpha value is -2.71. The Bertz CT molecular complexity index is 971. The predicted molar refractivity (Wildman–Crippen MR) is 125 cm³/mol. The summed E-state index contributed by atoms with van der Waals surface area (Å²) in [5.74, 6) is 0.841. The molecular formula is C24H35N7O. The number of ether oxygens (including phenoxy) is 1. The normalized spacial score (nSPS) is 15.8. The van der Waals surface area contributed by atoms with Gasteiger partial charge < -0.3 is 10.1 Å². The lowest BCUT2D eigenvalue weighted by atomic mass is 10.1. The van der Waals surface area contributed by atoms with Crippen LogP contribution in [0.5, 0.6) is 5.75 Å². The summed E-state index contributed by atoms with van der Waals surface area (Å²) in [5.41, 5.74) is 5.68. The number of aryl methyl sites for hydroxylation is 4. The summed E-state index contributed by atoms with van der Waals surface area (Å²) in [6.07, 6.45) is 4.92. The SMILES string of the molecule is Cc1cc(C)n(CCN(CCn2nc(C)cc2C)Cc2cncc(OC[C@@H]3CCN3)c2)n1. The van der Waals surface area contributed by atoms with Crippen molar-refractivity contribution in [2.75, 3.05) is 26.2 Å². The second-order valence-corrected chi connectivity index (χ2v) is 8.86. The summed E-state index contributed by atoms with van der Waals surface area (Å²) in [4.78, 5) is 6.87. The molecule has 4 rings (SSSR count). The Kier molecular flexibility index (Phi) is 7.22. The van der Waals surface area contributed by atoms with Gasteiger partial charge in [-0.1, -0.05) is 0 Å². The molecule has 8 heteroatoms. The minimum atomic E-state index is 0.469. The summed E-state index contributed by atoms with van der Waals surface area (Å²) in [6.45, 7) is 14.4. The van der Waals surface area contributed by atoms with Crippen LogP contribution in [0.25, 0.3) is 0 Å². The summed E-state index contributed by atoms with van der Waals surface area (Å²) >= 11 is 0. The summed E-state index contributed by atoms with van der Waals surface area (Å²) < 4.78 is 10.1. The van der Waals surface area contributed by atoms with Gasteiger partial charge in [-0.05, 0) is 64.4 Å². The number of nitrogens with one attached hydrogen (secondary N) is 1. The van der Waals surface area contributed by atoms with E-state index in [1.807, 2.05) is 20.0 Å². The van der Waals surface area contributed by atoms with Crippen molar-refractivity contribution >= 4 is 0 Å². The number of aromatic nitrogens is 5. The largest absolute Gasteiger partial charge is 0.490 e. The molecule has 1 aliphatic heterocycles. The van der Waals surface area contributed by atoms with Crippen LogP contribution in [0.1, 0.15) is 34.8 Å². The van der Waals surface area contributed by atoms with Crippen molar-refractivity contribution in [2.24, 2.45) is 0 Å². The average molecular weight is 438 g/mol. The van der Waals surface area contributed by atoms with Gasteiger partial charge in [0.25, 0.3) is 0 Å². The van der Waals surface area contributed by atoms with Crippen molar-refractivity contribution in [1.82, 2.24) is 34.8 Å². The second-order valence-electron chi connectivity index (χ2n) is 8.86. The first-order chi connectivity index (χ1) is 15.5. The lowest BCUT2D eigenvalue weighted by Gasteiger charge is -2.27. The smallest absolute Gasteiger partial charge is 0.137 e. The highest BCUT2D eigenvalue weighted by Crippen LogP contribution is 2.15. The lowest BCUT2D eigenvalue weighted by molar-refractivity contribution is 0.215. The van der Waals surface area contributed by atoms with Crippen LogP contribution < -0.4 is 10.1 Å². The van der Waals surface area contributed by atoms with E-state index in [4.69, 9.17) is 4.74 Å². The van der Waals surface area contributed by atoms with Gasteiger partial charge in [-0.2, -0.15) is 10.2 Å². The molecular weight excluding hydrogens is 402 g/mol. The minimum absolute atomic E-state index is 0.469. The maximum absolute atomic E-state index is 5.96. The average Bonchev–Trinajstić information content (AvgIpc) is 3.22. The van der Waals surface area contributed by atoms with Crippen molar-refractivity contribution in [3.8, 4) is 5.75 Å². The summed E-state index contributed by atoms with van der Waals surface area (Å²) in [5, 5.41) is 12.6. The van der Waals surface area contributed by atoms with Crippen LogP contribution in [0.15, 0.2) is 30.6 Å². The molecule has 1 N–H and O–H groups in total. The quantitative estimate of drug-likeness (QED) is 0.497.